The van der Waals surface area contributed by atoms with Crippen LogP contribution in [-0.4, -0.2) is 24.1 Å². The number of halogens is 2. The molecule has 0 N–H and O–H groups in total. The van der Waals surface area contributed by atoms with E-state index in [9.17, 15) is 13.6 Å². The molecule has 2 aliphatic rings. The minimum atomic E-state index is -0.857. The Labute approximate surface area is 110 Å². The van der Waals surface area contributed by atoms with Crippen LogP contribution in [0.4, 0.5) is 8.78 Å². The highest BCUT2D eigenvalue weighted by Gasteiger charge is 2.46. The normalized spacial score (nSPS) is 26.3. The third-order valence-electron chi connectivity index (χ3n) is 3.73. The lowest BCUT2D eigenvalue weighted by Gasteiger charge is -2.26. The Morgan fingerprint density at radius 1 is 1.26 bits per heavy atom. The quantitative estimate of drug-likeness (QED) is 0.824. The number of carbonyl (C=O) groups excluding carboxylic acids is 1. The molecule has 0 aromatic heterocycles. The summed E-state index contributed by atoms with van der Waals surface area (Å²) >= 11 is 0. The van der Waals surface area contributed by atoms with Gasteiger partial charge in [0.05, 0.1) is 6.61 Å². The summed E-state index contributed by atoms with van der Waals surface area (Å²) in [6.45, 7) is 1.20. The Morgan fingerprint density at radius 2 is 2.11 bits per heavy atom. The predicted octanol–water partition coefficient (Wildman–Crippen LogP) is 2.62. The largest absolute Gasteiger partial charge is 0.272 e. The molecule has 1 aromatic carbocycles. The fourth-order valence-corrected chi connectivity index (χ4v) is 2.53. The molecular formula is C14H15F2NO2. The van der Waals surface area contributed by atoms with E-state index < -0.39 is 11.6 Å². The Balaban J connectivity index is 1.66. The van der Waals surface area contributed by atoms with Crippen LogP contribution in [0.1, 0.15) is 30.7 Å². The molecule has 1 aliphatic heterocycles. The predicted molar refractivity (Wildman–Crippen MR) is 64.1 cm³/mol. The summed E-state index contributed by atoms with van der Waals surface area (Å²) in [5.41, 5.74) is 0.689. The van der Waals surface area contributed by atoms with Crippen LogP contribution in [0.3, 0.4) is 0 Å². The molecule has 1 aliphatic carbocycles. The summed E-state index contributed by atoms with van der Waals surface area (Å²) in [6, 6.07) is 3.85. The van der Waals surface area contributed by atoms with Gasteiger partial charge < -0.3 is 0 Å². The fourth-order valence-electron chi connectivity index (χ4n) is 2.53. The second kappa shape index (κ2) is 4.89. The standard InChI is InChI=1S/C14H15F2NO2/c15-12-4-3-9(7-13(12)16)10-8-11(10)14(18)17-5-1-2-6-19-17/h3-4,7,10-11H,1-2,5-6,8H2/t10-,11-/m0/s1. The molecule has 1 saturated heterocycles. The number of benzene rings is 1. The van der Waals surface area contributed by atoms with Crippen molar-refractivity contribution in [2.24, 2.45) is 5.92 Å². The van der Waals surface area contributed by atoms with Crippen LogP contribution in [-0.2, 0) is 9.63 Å². The molecule has 19 heavy (non-hydrogen) atoms. The van der Waals surface area contributed by atoms with Gasteiger partial charge in [-0.15, -0.1) is 0 Å². The van der Waals surface area contributed by atoms with Gasteiger partial charge in [0, 0.05) is 12.5 Å². The van der Waals surface area contributed by atoms with E-state index in [4.69, 9.17) is 4.84 Å². The Kier molecular flexibility index (Phi) is 3.22. The first-order chi connectivity index (χ1) is 9.16. The van der Waals surface area contributed by atoms with Gasteiger partial charge in [0.1, 0.15) is 0 Å². The van der Waals surface area contributed by atoms with E-state index in [1.807, 2.05) is 0 Å². The molecule has 0 bridgehead atoms. The van der Waals surface area contributed by atoms with E-state index in [0.29, 0.717) is 25.1 Å². The maximum atomic E-state index is 13.2. The van der Waals surface area contributed by atoms with Crippen molar-refractivity contribution in [2.75, 3.05) is 13.2 Å². The zero-order chi connectivity index (χ0) is 13.4. The second-order valence-corrected chi connectivity index (χ2v) is 5.10. The molecule has 1 amide bonds. The third-order valence-corrected chi connectivity index (χ3v) is 3.73. The molecule has 0 unspecified atom stereocenters. The minimum absolute atomic E-state index is 0.00636. The summed E-state index contributed by atoms with van der Waals surface area (Å²) in [5, 5.41) is 1.42. The molecule has 102 valence electrons. The SMILES string of the molecule is O=C([C@H]1C[C@H]1c1ccc(F)c(F)c1)N1CCCCO1. The monoisotopic (exact) mass is 267 g/mol. The molecule has 2 fully saturated rings. The van der Waals surface area contributed by atoms with Gasteiger partial charge >= 0.3 is 0 Å². The number of hydrogen-bond acceptors (Lipinski definition) is 2. The fraction of sp³-hybridized carbons (Fsp3) is 0.500. The number of carbonyl (C=O) groups is 1. The molecule has 1 aromatic rings. The van der Waals surface area contributed by atoms with Crippen LogP contribution >= 0.6 is 0 Å². The first-order valence-corrected chi connectivity index (χ1v) is 6.56. The Bertz CT molecular complexity index is 500. The van der Waals surface area contributed by atoms with Crippen LogP contribution in [0.15, 0.2) is 18.2 Å². The number of rotatable bonds is 2. The summed E-state index contributed by atoms with van der Waals surface area (Å²) in [5.74, 6) is -1.90. The van der Waals surface area contributed by atoms with Gasteiger partial charge in [-0.2, -0.15) is 0 Å². The zero-order valence-electron chi connectivity index (χ0n) is 10.4. The van der Waals surface area contributed by atoms with Gasteiger partial charge in [-0.25, -0.2) is 13.8 Å². The van der Waals surface area contributed by atoms with Crippen molar-refractivity contribution >= 4 is 5.91 Å². The molecule has 2 atom stereocenters. The van der Waals surface area contributed by atoms with Crippen LogP contribution in [0.5, 0.6) is 0 Å². The average molecular weight is 267 g/mol. The van der Waals surface area contributed by atoms with Gasteiger partial charge in [-0.05, 0) is 42.9 Å². The highest BCUT2D eigenvalue weighted by molar-refractivity contribution is 5.82. The zero-order valence-corrected chi connectivity index (χ0v) is 10.4. The lowest BCUT2D eigenvalue weighted by molar-refractivity contribution is -0.198. The topological polar surface area (TPSA) is 29.5 Å². The second-order valence-electron chi connectivity index (χ2n) is 5.10. The molecule has 3 nitrogen and oxygen atoms in total. The minimum Gasteiger partial charge on any atom is -0.272 e. The van der Waals surface area contributed by atoms with E-state index in [0.717, 1.165) is 18.9 Å². The van der Waals surface area contributed by atoms with Crippen LogP contribution < -0.4 is 0 Å². The van der Waals surface area contributed by atoms with Crippen LogP contribution in [0.2, 0.25) is 0 Å². The third kappa shape index (κ3) is 2.47. The molecular weight excluding hydrogens is 252 g/mol. The maximum absolute atomic E-state index is 13.2. The van der Waals surface area contributed by atoms with E-state index in [1.54, 1.807) is 6.07 Å². The van der Waals surface area contributed by atoms with Crippen LogP contribution in [0.25, 0.3) is 0 Å². The van der Waals surface area contributed by atoms with Gasteiger partial charge in [-0.1, -0.05) is 6.07 Å². The van der Waals surface area contributed by atoms with Crippen molar-refractivity contribution in [1.82, 2.24) is 5.06 Å². The molecule has 3 rings (SSSR count). The van der Waals surface area contributed by atoms with Crippen LogP contribution in [0, 0.1) is 17.6 Å². The van der Waals surface area contributed by atoms with Gasteiger partial charge in [0.2, 0.25) is 5.91 Å². The molecule has 1 saturated carbocycles. The van der Waals surface area contributed by atoms with E-state index in [-0.39, 0.29) is 17.7 Å². The summed E-state index contributed by atoms with van der Waals surface area (Å²) in [7, 11) is 0. The lowest BCUT2D eigenvalue weighted by atomic mass is 10.1. The number of hydrogen-bond donors (Lipinski definition) is 0. The molecule has 0 radical (unpaired) electrons. The number of nitrogens with zero attached hydrogens (tertiary/aromatic N) is 1. The summed E-state index contributed by atoms with van der Waals surface area (Å²) in [4.78, 5) is 17.4. The number of amides is 1. The van der Waals surface area contributed by atoms with Gasteiger partial charge in [-0.3, -0.25) is 9.63 Å². The first kappa shape index (κ1) is 12.5. The Hall–Kier alpha value is -1.49. The lowest BCUT2D eigenvalue weighted by Crippen LogP contribution is -2.37. The molecule has 5 heteroatoms. The van der Waals surface area contributed by atoms with Gasteiger partial charge in [0.25, 0.3) is 0 Å². The molecule has 0 spiro atoms. The van der Waals surface area contributed by atoms with Crippen molar-refractivity contribution in [3.8, 4) is 0 Å². The molecule has 1 heterocycles. The van der Waals surface area contributed by atoms with Crippen molar-refractivity contribution < 1.29 is 18.4 Å². The van der Waals surface area contributed by atoms with Gasteiger partial charge in [0.15, 0.2) is 11.6 Å². The highest BCUT2D eigenvalue weighted by atomic mass is 19.2. The highest BCUT2D eigenvalue weighted by Crippen LogP contribution is 2.48. The summed E-state index contributed by atoms with van der Waals surface area (Å²) in [6.07, 6.45) is 2.61. The van der Waals surface area contributed by atoms with E-state index in [1.165, 1.54) is 11.1 Å². The smallest absolute Gasteiger partial charge is 0.249 e. The first-order valence-electron chi connectivity index (χ1n) is 6.56. The van der Waals surface area contributed by atoms with Crippen molar-refractivity contribution in [3.05, 3.63) is 35.4 Å². The van der Waals surface area contributed by atoms with Crippen molar-refractivity contribution in [2.45, 2.75) is 25.2 Å². The number of hydroxylamine groups is 2. The van der Waals surface area contributed by atoms with Crippen molar-refractivity contribution in [3.63, 3.8) is 0 Å². The van der Waals surface area contributed by atoms with E-state index in [2.05, 4.69) is 0 Å². The van der Waals surface area contributed by atoms with E-state index >= 15 is 0 Å². The summed E-state index contributed by atoms with van der Waals surface area (Å²) < 4.78 is 26.0. The van der Waals surface area contributed by atoms with Crippen molar-refractivity contribution in [1.29, 1.82) is 0 Å². The maximum Gasteiger partial charge on any atom is 0.249 e. The average Bonchev–Trinajstić information content (AvgIpc) is 3.22. The Morgan fingerprint density at radius 3 is 2.79 bits per heavy atom.